The first-order chi connectivity index (χ1) is 10.0. The van der Waals surface area contributed by atoms with Crippen molar-refractivity contribution < 1.29 is 13.6 Å². The SMILES string of the molecule is CC1(CN)CCN(C(=O)Cc2coc3cc(F)ccc23)C1. The molecule has 1 aliphatic rings. The molecule has 4 nitrogen and oxygen atoms in total. The lowest BCUT2D eigenvalue weighted by Crippen LogP contribution is -2.35. The van der Waals surface area contributed by atoms with Crippen LogP contribution in [0, 0.1) is 11.2 Å². The maximum atomic E-state index is 13.1. The zero-order valence-corrected chi connectivity index (χ0v) is 12.1. The highest BCUT2D eigenvalue weighted by Crippen LogP contribution is 2.29. The summed E-state index contributed by atoms with van der Waals surface area (Å²) >= 11 is 0. The number of nitrogens with two attached hydrogens (primary N) is 1. The molecule has 0 radical (unpaired) electrons. The van der Waals surface area contributed by atoms with Crippen LogP contribution in [0.1, 0.15) is 18.9 Å². The Morgan fingerprint density at radius 2 is 2.33 bits per heavy atom. The number of rotatable bonds is 3. The summed E-state index contributed by atoms with van der Waals surface area (Å²) in [5.74, 6) is -0.271. The van der Waals surface area contributed by atoms with E-state index in [1.807, 2.05) is 4.90 Å². The van der Waals surface area contributed by atoms with E-state index in [9.17, 15) is 9.18 Å². The van der Waals surface area contributed by atoms with Gasteiger partial charge in [0, 0.05) is 30.1 Å². The molecular formula is C16H19FN2O2. The quantitative estimate of drug-likeness (QED) is 0.943. The van der Waals surface area contributed by atoms with E-state index in [0.29, 0.717) is 18.7 Å². The maximum Gasteiger partial charge on any atom is 0.227 e. The van der Waals surface area contributed by atoms with Crippen molar-refractivity contribution in [2.45, 2.75) is 19.8 Å². The van der Waals surface area contributed by atoms with Crippen molar-refractivity contribution in [3.05, 3.63) is 35.8 Å². The topological polar surface area (TPSA) is 59.5 Å². The van der Waals surface area contributed by atoms with Crippen molar-refractivity contribution >= 4 is 16.9 Å². The Balaban J connectivity index is 1.75. The first-order valence-corrected chi connectivity index (χ1v) is 7.14. The van der Waals surface area contributed by atoms with E-state index in [0.717, 1.165) is 23.9 Å². The molecule has 0 saturated carbocycles. The van der Waals surface area contributed by atoms with Crippen molar-refractivity contribution in [1.29, 1.82) is 0 Å². The number of furan rings is 1. The average Bonchev–Trinajstić information content (AvgIpc) is 3.04. The summed E-state index contributed by atoms with van der Waals surface area (Å²) < 4.78 is 18.5. The van der Waals surface area contributed by atoms with Gasteiger partial charge in [-0.25, -0.2) is 4.39 Å². The molecule has 3 rings (SSSR count). The number of hydrogen-bond acceptors (Lipinski definition) is 3. The van der Waals surface area contributed by atoms with Crippen molar-refractivity contribution in [1.82, 2.24) is 4.90 Å². The normalized spacial score (nSPS) is 22.1. The van der Waals surface area contributed by atoms with Crippen molar-refractivity contribution in [2.75, 3.05) is 19.6 Å². The molecule has 1 atom stereocenters. The second-order valence-corrected chi connectivity index (χ2v) is 6.16. The Hall–Kier alpha value is -1.88. The van der Waals surface area contributed by atoms with E-state index >= 15 is 0 Å². The van der Waals surface area contributed by atoms with E-state index in [-0.39, 0.29) is 23.6 Å². The lowest BCUT2D eigenvalue weighted by molar-refractivity contribution is -0.129. The molecule has 1 aromatic heterocycles. The summed E-state index contributed by atoms with van der Waals surface area (Å²) in [6, 6.07) is 4.38. The molecule has 0 bridgehead atoms. The molecule has 0 spiro atoms. The van der Waals surface area contributed by atoms with E-state index < -0.39 is 0 Å². The highest BCUT2D eigenvalue weighted by atomic mass is 19.1. The predicted octanol–water partition coefficient (Wildman–Crippen LogP) is 2.31. The molecule has 2 heterocycles. The minimum Gasteiger partial charge on any atom is -0.464 e. The Kier molecular flexibility index (Phi) is 3.45. The fourth-order valence-corrected chi connectivity index (χ4v) is 2.87. The smallest absolute Gasteiger partial charge is 0.227 e. The van der Waals surface area contributed by atoms with E-state index in [4.69, 9.17) is 10.2 Å². The number of likely N-dealkylation sites (tertiary alicyclic amines) is 1. The molecule has 5 heteroatoms. The summed E-state index contributed by atoms with van der Waals surface area (Å²) in [5, 5.41) is 0.797. The lowest BCUT2D eigenvalue weighted by Gasteiger charge is -2.22. The summed E-state index contributed by atoms with van der Waals surface area (Å²) in [4.78, 5) is 14.3. The number of fused-ring (bicyclic) bond motifs is 1. The molecule has 1 amide bonds. The first-order valence-electron chi connectivity index (χ1n) is 7.14. The van der Waals surface area contributed by atoms with Gasteiger partial charge >= 0.3 is 0 Å². The van der Waals surface area contributed by atoms with Gasteiger partial charge in [0.05, 0.1) is 12.7 Å². The average molecular weight is 290 g/mol. The third kappa shape index (κ3) is 2.65. The van der Waals surface area contributed by atoms with Crippen LogP contribution in [0.15, 0.2) is 28.9 Å². The Labute approximate surface area is 122 Å². The van der Waals surface area contributed by atoms with Gasteiger partial charge in [-0.15, -0.1) is 0 Å². The number of halogens is 1. The standard InChI is InChI=1S/C16H19FN2O2/c1-16(9-18)4-5-19(10-16)15(20)6-11-8-21-14-7-12(17)2-3-13(11)14/h2-3,7-8H,4-6,9-10,18H2,1H3. The third-order valence-corrected chi connectivity index (χ3v) is 4.36. The van der Waals surface area contributed by atoms with Crippen molar-refractivity contribution in [2.24, 2.45) is 11.1 Å². The minimum atomic E-state index is -0.340. The molecule has 0 aliphatic carbocycles. The van der Waals surface area contributed by atoms with Gasteiger partial charge in [0.1, 0.15) is 11.4 Å². The van der Waals surface area contributed by atoms with E-state index in [1.54, 1.807) is 12.3 Å². The fraction of sp³-hybridized carbons (Fsp3) is 0.438. The van der Waals surface area contributed by atoms with Crippen LogP contribution in [-0.4, -0.2) is 30.4 Å². The predicted molar refractivity (Wildman–Crippen MR) is 78.2 cm³/mol. The van der Waals surface area contributed by atoms with Crippen LogP contribution < -0.4 is 5.73 Å². The second-order valence-electron chi connectivity index (χ2n) is 6.16. The molecular weight excluding hydrogens is 271 g/mol. The zero-order valence-electron chi connectivity index (χ0n) is 12.1. The van der Waals surface area contributed by atoms with Gasteiger partial charge in [-0.3, -0.25) is 4.79 Å². The first kappa shape index (κ1) is 14.1. The van der Waals surface area contributed by atoms with E-state index in [2.05, 4.69) is 6.92 Å². The van der Waals surface area contributed by atoms with Crippen LogP contribution in [0.25, 0.3) is 11.0 Å². The summed E-state index contributed by atoms with van der Waals surface area (Å²) in [6.45, 7) is 4.14. The van der Waals surface area contributed by atoms with Gasteiger partial charge in [-0.1, -0.05) is 6.92 Å². The third-order valence-electron chi connectivity index (χ3n) is 4.36. The van der Waals surface area contributed by atoms with Crippen LogP contribution in [0.5, 0.6) is 0 Å². The van der Waals surface area contributed by atoms with Crippen LogP contribution in [0.4, 0.5) is 4.39 Å². The number of benzene rings is 1. The Morgan fingerprint density at radius 1 is 1.52 bits per heavy atom. The number of carbonyl (C=O) groups is 1. The van der Waals surface area contributed by atoms with Gasteiger partial charge in [0.15, 0.2) is 0 Å². The summed E-state index contributed by atoms with van der Waals surface area (Å²) in [7, 11) is 0. The Morgan fingerprint density at radius 3 is 3.05 bits per heavy atom. The highest BCUT2D eigenvalue weighted by Gasteiger charge is 2.34. The molecule has 112 valence electrons. The van der Waals surface area contributed by atoms with Gasteiger partial charge in [-0.2, -0.15) is 0 Å². The molecule has 1 aromatic carbocycles. The summed E-state index contributed by atoms with van der Waals surface area (Å²) in [5.41, 5.74) is 7.07. The van der Waals surface area contributed by atoms with Gasteiger partial charge in [-0.05, 0) is 30.5 Å². The molecule has 1 saturated heterocycles. The van der Waals surface area contributed by atoms with Crippen LogP contribution in [0.3, 0.4) is 0 Å². The second kappa shape index (κ2) is 5.15. The molecule has 1 aliphatic heterocycles. The van der Waals surface area contributed by atoms with Crippen LogP contribution in [0.2, 0.25) is 0 Å². The summed E-state index contributed by atoms with van der Waals surface area (Å²) in [6.07, 6.45) is 2.76. The van der Waals surface area contributed by atoms with Gasteiger partial charge in [0.25, 0.3) is 0 Å². The number of amides is 1. The molecule has 1 fully saturated rings. The minimum absolute atomic E-state index is 0.0251. The van der Waals surface area contributed by atoms with Gasteiger partial charge < -0.3 is 15.1 Å². The monoisotopic (exact) mass is 290 g/mol. The maximum absolute atomic E-state index is 13.1. The lowest BCUT2D eigenvalue weighted by atomic mass is 9.90. The number of carbonyl (C=O) groups excluding carboxylic acids is 1. The highest BCUT2D eigenvalue weighted by molar-refractivity contribution is 5.87. The fourth-order valence-electron chi connectivity index (χ4n) is 2.87. The molecule has 2 N–H and O–H groups in total. The van der Waals surface area contributed by atoms with E-state index in [1.165, 1.54) is 12.1 Å². The molecule has 1 unspecified atom stereocenters. The van der Waals surface area contributed by atoms with Crippen molar-refractivity contribution in [3.63, 3.8) is 0 Å². The molecule has 2 aromatic rings. The van der Waals surface area contributed by atoms with Gasteiger partial charge in [0.2, 0.25) is 5.91 Å². The molecule has 21 heavy (non-hydrogen) atoms. The van der Waals surface area contributed by atoms with Crippen molar-refractivity contribution in [3.8, 4) is 0 Å². The van der Waals surface area contributed by atoms with Crippen LogP contribution in [-0.2, 0) is 11.2 Å². The zero-order chi connectivity index (χ0) is 15.0. The number of hydrogen-bond donors (Lipinski definition) is 1. The number of nitrogens with zero attached hydrogens (tertiary/aromatic N) is 1. The Bertz CT molecular complexity index is 682. The van der Waals surface area contributed by atoms with Crippen LogP contribution >= 0.6 is 0 Å². The largest absolute Gasteiger partial charge is 0.464 e.